The van der Waals surface area contributed by atoms with Crippen LogP contribution in [-0.4, -0.2) is 23.8 Å². The second-order valence-corrected chi connectivity index (χ2v) is 4.74. The third-order valence-corrected chi connectivity index (χ3v) is 2.99. The minimum atomic E-state index is -0.258. The predicted octanol–water partition coefficient (Wildman–Crippen LogP) is 2.40. The molecule has 0 radical (unpaired) electrons. The summed E-state index contributed by atoms with van der Waals surface area (Å²) in [5.41, 5.74) is 2.44. The van der Waals surface area contributed by atoms with E-state index in [4.69, 9.17) is 0 Å². The van der Waals surface area contributed by atoms with Gasteiger partial charge in [0.15, 0.2) is 0 Å². The molecule has 112 valence electrons. The number of aryl methyl sites for hydroxylation is 1. The lowest BCUT2D eigenvalue weighted by Gasteiger charge is -2.01. The Morgan fingerprint density at radius 3 is 2.41 bits per heavy atom. The lowest BCUT2D eigenvalue weighted by Crippen LogP contribution is -2.17. The first-order valence-corrected chi connectivity index (χ1v) is 6.82. The van der Waals surface area contributed by atoms with Gasteiger partial charge >= 0.3 is 0 Å². The van der Waals surface area contributed by atoms with Crippen molar-refractivity contribution in [2.45, 2.75) is 6.92 Å². The Morgan fingerprint density at radius 2 is 1.82 bits per heavy atom. The van der Waals surface area contributed by atoms with E-state index < -0.39 is 0 Å². The van der Waals surface area contributed by atoms with Crippen molar-refractivity contribution < 1.29 is 9.59 Å². The normalized spacial score (nSPS) is 10.5. The molecule has 1 heterocycles. The molecule has 2 amide bonds. The molecule has 0 saturated heterocycles. The Kier molecular flexibility index (Phi) is 5.03. The third-order valence-electron chi connectivity index (χ3n) is 2.99. The molecule has 0 unspecified atom stereocenters. The van der Waals surface area contributed by atoms with Gasteiger partial charge in [0.1, 0.15) is 5.82 Å². The summed E-state index contributed by atoms with van der Waals surface area (Å²) in [7, 11) is 1.58. The topological polar surface area (TPSA) is 71.1 Å². The van der Waals surface area contributed by atoms with Crippen LogP contribution in [0.2, 0.25) is 0 Å². The zero-order chi connectivity index (χ0) is 15.9. The number of carbonyl (C=O) groups excluding carboxylic acids is 2. The SMILES string of the molecule is CNC(=O)c1ccc(C=CC(=O)Nc2ccc(C)cn2)cc1. The van der Waals surface area contributed by atoms with E-state index in [9.17, 15) is 9.59 Å². The molecule has 0 aliphatic carbocycles. The molecule has 0 saturated carbocycles. The molecular formula is C17H17N3O2. The van der Waals surface area contributed by atoms with Crippen molar-refractivity contribution in [3.05, 3.63) is 65.4 Å². The maximum atomic E-state index is 11.8. The summed E-state index contributed by atoms with van der Waals surface area (Å²) in [5, 5.41) is 5.23. The molecule has 5 heteroatoms. The molecule has 0 aliphatic heterocycles. The summed E-state index contributed by atoms with van der Waals surface area (Å²) < 4.78 is 0. The van der Waals surface area contributed by atoms with E-state index in [2.05, 4.69) is 15.6 Å². The van der Waals surface area contributed by atoms with Gasteiger partial charge in [-0.3, -0.25) is 9.59 Å². The average molecular weight is 295 g/mol. The second-order valence-electron chi connectivity index (χ2n) is 4.74. The molecule has 0 fully saturated rings. The largest absolute Gasteiger partial charge is 0.355 e. The molecular weight excluding hydrogens is 278 g/mol. The summed E-state index contributed by atoms with van der Waals surface area (Å²) >= 11 is 0. The molecule has 0 spiro atoms. The number of benzene rings is 1. The summed E-state index contributed by atoms with van der Waals surface area (Å²) in [6.45, 7) is 1.93. The maximum Gasteiger partial charge on any atom is 0.251 e. The van der Waals surface area contributed by atoms with Crippen LogP contribution in [0.5, 0.6) is 0 Å². The van der Waals surface area contributed by atoms with Crippen LogP contribution >= 0.6 is 0 Å². The zero-order valence-electron chi connectivity index (χ0n) is 12.5. The predicted molar refractivity (Wildman–Crippen MR) is 86.5 cm³/mol. The van der Waals surface area contributed by atoms with Gasteiger partial charge in [-0.15, -0.1) is 0 Å². The van der Waals surface area contributed by atoms with Gasteiger partial charge in [0.25, 0.3) is 5.91 Å². The summed E-state index contributed by atoms with van der Waals surface area (Å²) in [6, 6.07) is 10.6. The van der Waals surface area contributed by atoms with Gasteiger partial charge in [-0.25, -0.2) is 4.98 Å². The number of nitrogens with one attached hydrogen (secondary N) is 2. The fraction of sp³-hybridized carbons (Fsp3) is 0.118. The van der Waals surface area contributed by atoms with Crippen LogP contribution in [0.15, 0.2) is 48.7 Å². The van der Waals surface area contributed by atoms with Crippen molar-refractivity contribution in [1.29, 1.82) is 0 Å². The van der Waals surface area contributed by atoms with E-state index in [1.165, 1.54) is 6.08 Å². The third kappa shape index (κ3) is 4.28. The standard InChI is InChI=1S/C17H17N3O2/c1-12-3-9-15(19-11-12)20-16(21)10-6-13-4-7-14(8-5-13)17(22)18-2/h3-11H,1-2H3,(H,18,22)(H,19,20,21). The number of hydrogen-bond acceptors (Lipinski definition) is 3. The van der Waals surface area contributed by atoms with Gasteiger partial charge in [-0.05, 0) is 42.3 Å². The van der Waals surface area contributed by atoms with Crippen LogP contribution < -0.4 is 10.6 Å². The van der Waals surface area contributed by atoms with E-state index in [-0.39, 0.29) is 11.8 Å². The van der Waals surface area contributed by atoms with Crippen LogP contribution in [0.3, 0.4) is 0 Å². The number of carbonyl (C=O) groups is 2. The number of rotatable bonds is 4. The summed E-state index contributed by atoms with van der Waals surface area (Å²) in [5.74, 6) is 0.112. The molecule has 2 rings (SSSR count). The number of aromatic nitrogens is 1. The van der Waals surface area contributed by atoms with Gasteiger partial charge in [0.2, 0.25) is 5.91 Å². The van der Waals surface area contributed by atoms with Crippen molar-refractivity contribution >= 4 is 23.7 Å². The highest BCUT2D eigenvalue weighted by Crippen LogP contribution is 2.07. The van der Waals surface area contributed by atoms with Crippen molar-refractivity contribution in [1.82, 2.24) is 10.3 Å². The average Bonchev–Trinajstić information content (AvgIpc) is 2.55. The molecule has 2 aromatic rings. The number of amides is 2. The highest BCUT2D eigenvalue weighted by molar-refractivity contribution is 6.01. The van der Waals surface area contributed by atoms with Gasteiger partial charge in [-0.2, -0.15) is 0 Å². The second kappa shape index (κ2) is 7.17. The molecule has 22 heavy (non-hydrogen) atoms. The van der Waals surface area contributed by atoms with E-state index in [1.54, 1.807) is 49.7 Å². The van der Waals surface area contributed by atoms with Crippen molar-refractivity contribution in [3.63, 3.8) is 0 Å². The lowest BCUT2D eigenvalue weighted by molar-refractivity contribution is -0.111. The number of anilines is 1. The Bertz CT molecular complexity index is 689. The Labute approximate surface area is 129 Å². The van der Waals surface area contributed by atoms with Gasteiger partial charge in [0.05, 0.1) is 0 Å². The van der Waals surface area contributed by atoms with Crippen molar-refractivity contribution in [2.24, 2.45) is 0 Å². The van der Waals surface area contributed by atoms with Crippen molar-refractivity contribution in [2.75, 3.05) is 12.4 Å². The van der Waals surface area contributed by atoms with Crippen molar-refractivity contribution in [3.8, 4) is 0 Å². The lowest BCUT2D eigenvalue weighted by atomic mass is 10.1. The first-order valence-electron chi connectivity index (χ1n) is 6.82. The summed E-state index contributed by atoms with van der Waals surface area (Å²) in [4.78, 5) is 27.3. The minimum absolute atomic E-state index is 0.140. The highest BCUT2D eigenvalue weighted by Gasteiger charge is 2.02. The Balaban J connectivity index is 1.97. The first kappa shape index (κ1) is 15.4. The van der Waals surface area contributed by atoms with E-state index in [1.807, 2.05) is 13.0 Å². The Hall–Kier alpha value is -2.95. The quantitative estimate of drug-likeness (QED) is 0.851. The van der Waals surface area contributed by atoms with Crippen LogP contribution in [-0.2, 0) is 4.79 Å². The maximum absolute atomic E-state index is 11.8. The van der Waals surface area contributed by atoms with E-state index in [0.29, 0.717) is 11.4 Å². The van der Waals surface area contributed by atoms with Crippen LogP contribution in [0.4, 0.5) is 5.82 Å². The monoisotopic (exact) mass is 295 g/mol. The van der Waals surface area contributed by atoms with Gasteiger partial charge in [0, 0.05) is 24.9 Å². The van der Waals surface area contributed by atoms with Crippen LogP contribution in [0.25, 0.3) is 6.08 Å². The fourth-order valence-corrected chi connectivity index (χ4v) is 1.77. The zero-order valence-corrected chi connectivity index (χ0v) is 12.5. The van der Waals surface area contributed by atoms with Gasteiger partial charge in [-0.1, -0.05) is 18.2 Å². The summed E-state index contributed by atoms with van der Waals surface area (Å²) in [6.07, 6.45) is 4.80. The molecule has 0 bridgehead atoms. The Morgan fingerprint density at radius 1 is 1.09 bits per heavy atom. The molecule has 1 aromatic heterocycles. The smallest absolute Gasteiger partial charge is 0.251 e. The van der Waals surface area contributed by atoms with E-state index in [0.717, 1.165) is 11.1 Å². The van der Waals surface area contributed by atoms with E-state index >= 15 is 0 Å². The highest BCUT2D eigenvalue weighted by atomic mass is 16.2. The first-order chi connectivity index (χ1) is 10.6. The molecule has 0 aliphatic rings. The molecule has 2 N–H and O–H groups in total. The fourth-order valence-electron chi connectivity index (χ4n) is 1.77. The van der Waals surface area contributed by atoms with Crippen LogP contribution in [0.1, 0.15) is 21.5 Å². The molecule has 1 aromatic carbocycles. The number of nitrogens with zero attached hydrogens (tertiary/aromatic N) is 1. The van der Waals surface area contributed by atoms with Crippen LogP contribution in [0, 0.1) is 6.92 Å². The number of pyridine rings is 1. The molecule has 0 atom stereocenters. The number of hydrogen-bond donors (Lipinski definition) is 2. The minimum Gasteiger partial charge on any atom is -0.355 e. The van der Waals surface area contributed by atoms with Gasteiger partial charge < -0.3 is 10.6 Å². The molecule has 5 nitrogen and oxygen atoms in total.